The highest BCUT2D eigenvalue weighted by Crippen LogP contribution is 2.34. The van der Waals surface area contributed by atoms with Crippen LogP contribution in [0.4, 0.5) is 0 Å². The van der Waals surface area contributed by atoms with Crippen molar-refractivity contribution in [3.8, 4) is 0 Å². The summed E-state index contributed by atoms with van der Waals surface area (Å²) >= 11 is 0. The van der Waals surface area contributed by atoms with Crippen LogP contribution in [0, 0.1) is 5.41 Å². The maximum Gasteiger partial charge on any atom is 0.176 e. The zero-order valence-electron chi connectivity index (χ0n) is 12.0. The molecule has 1 saturated heterocycles. The van der Waals surface area contributed by atoms with Crippen LogP contribution in [0.1, 0.15) is 33.6 Å². The van der Waals surface area contributed by atoms with E-state index >= 15 is 0 Å². The van der Waals surface area contributed by atoms with Gasteiger partial charge < -0.3 is 15.2 Å². The zero-order chi connectivity index (χ0) is 13.1. The molecule has 1 atom stereocenters. The maximum absolute atomic E-state index is 5.98. The second kappa shape index (κ2) is 5.65. The monoisotopic (exact) mass is 244 g/mol. The first-order valence-electron chi connectivity index (χ1n) is 6.40. The van der Waals surface area contributed by atoms with Crippen LogP contribution in [0.5, 0.6) is 0 Å². The van der Waals surface area contributed by atoms with E-state index in [4.69, 9.17) is 15.2 Å². The Hall–Kier alpha value is -0.160. The van der Waals surface area contributed by atoms with Crippen molar-refractivity contribution in [3.63, 3.8) is 0 Å². The van der Waals surface area contributed by atoms with Crippen molar-refractivity contribution in [2.75, 3.05) is 33.9 Å². The van der Waals surface area contributed by atoms with Crippen molar-refractivity contribution in [1.82, 2.24) is 4.90 Å². The predicted molar refractivity (Wildman–Crippen MR) is 69.9 cm³/mol. The first-order chi connectivity index (χ1) is 7.89. The summed E-state index contributed by atoms with van der Waals surface area (Å²) in [5.41, 5.74) is 6.08. The lowest BCUT2D eigenvalue weighted by Crippen LogP contribution is -2.63. The molecule has 0 aromatic heterocycles. The fraction of sp³-hybridized carbons (Fsp3) is 1.00. The van der Waals surface area contributed by atoms with E-state index in [0.717, 1.165) is 13.1 Å². The average Bonchev–Trinajstić information content (AvgIpc) is 2.29. The molecule has 0 saturated carbocycles. The van der Waals surface area contributed by atoms with E-state index in [1.54, 1.807) is 14.2 Å². The number of methoxy groups -OCH3 is 2. The lowest BCUT2D eigenvalue weighted by atomic mass is 9.81. The lowest BCUT2D eigenvalue weighted by molar-refractivity contribution is -0.189. The van der Waals surface area contributed by atoms with Crippen molar-refractivity contribution in [2.45, 2.75) is 45.4 Å². The molecule has 102 valence electrons. The van der Waals surface area contributed by atoms with Gasteiger partial charge in [-0.15, -0.1) is 0 Å². The Morgan fingerprint density at radius 1 is 1.35 bits per heavy atom. The van der Waals surface area contributed by atoms with E-state index in [1.165, 1.54) is 12.8 Å². The smallest absolute Gasteiger partial charge is 0.176 e. The molecule has 0 spiro atoms. The van der Waals surface area contributed by atoms with Gasteiger partial charge in [0.25, 0.3) is 0 Å². The van der Waals surface area contributed by atoms with Gasteiger partial charge in [-0.3, -0.25) is 4.90 Å². The zero-order valence-corrected chi connectivity index (χ0v) is 12.0. The van der Waals surface area contributed by atoms with Gasteiger partial charge in [0.05, 0.1) is 5.54 Å². The fourth-order valence-corrected chi connectivity index (χ4v) is 2.84. The molecule has 0 radical (unpaired) electrons. The van der Waals surface area contributed by atoms with Gasteiger partial charge in [0.1, 0.15) is 0 Å². The minimum Gasteiger partial charge on any atom is -0.354 e. The summed E-state index contributed by atoms with van der Waals surface area (Å²) in [6.07, 6.45) is 2.21. The van der Waals surface area contributed by atoms with E-state index in [-0.39, 0.29) is 11.8 Å². The quantitative estimate of drug-likeness (QED) is 0.744. The van der Waals surface area contributed by atoms with Gasteiger partial charge in [-0.05, 0) is 31.7 Å². The summed E-state index contributed by atoms with van der Waals surface area (Å²) in [4.78, 5) is 2.42. The predicted octanol–water partition coefficient (Wildman–Crippen LogP) is 1.44. The van der Waals surface area contributed by atoms with Crippen LogP contribution in [-0.2, 0) is 9.47 Å². The number of ether oxygens (including phenoxy) is 2. The van der Waals surface area contributed by atoms with Crippen LogP contribution < -0.4 is 5.73 Å². The second-order valence-corrected chi connectivity index (χ2v) is 6.05. The van der Waals surface area contributed by atoms with Crippen LogP contribution in [0.15, 0.2) is 0 Å². The maximum atomic E-state index is 5.98. The highest BCUT2D eigenvalue weighted by Gasteiger charge is 2.43. The average molecular weight is 244 g/mol. The molecule has 0 amide bonds. The molecule has 4 nitrogen and oxygen atoms in total. The SMILES string of the molecule is COC(OC)C(C)(CN)N1CCCC(C)(C)C1. The number of hydrogen-bond donors (Lipinski definition) is 1. The van der Waals surface area contributed by atoms with Gasteiger partial charge >= 0.3 is 0 Å². The molecule has 2 N–H and O–H groups in total. The normalized spacial score (nSPS) is 24.9. The van der Waals surface area contributed by atoms with Crippen LogP contribution >= 0.6 is 0 Å². The van der Waals surface area contributed by atoms with Gasteiger partial charge in [-0.1, -0.05) is 13.8 Å². The van der Waals surface area contributed by atoms with Crippen molar-refractivity contribution < 1.29 is 9.47 Å². The van der Waals surface area contributed by atoms with Crippen molar-refractivity contribution in [3.05, 3.63) is 0 Å². The van der Waals surface area contributed by atoms with Gasteiger partial charge in [-0.25, -0.2) is 0 Å². The molecule has 1 fully saturated rings. The molecule has 1 aliphatic heterocycles. The number of piperidine rings is 1. The van der Waals surface area contributed by atoms with Crippen molar-refractivity contribution in [1.29, 1.82) is 0 Å². The summed E-state index contributed by atoms with van der Waals surface area (Å²) in [6.45, 7) is 9.40. The molecule has 0 aromatic carbocycles. The molecule has 1 unspecified atom stereocenters. The topological polar surface area (TPSA) is 47.7 Å². The number of likely N-dealkylation sites (tertiary alicyclic amines) is 1. The molecular formula is C13H28N2O2. The Morgan fingerprint density at radius 3 is 2.35 bits per heavy atom. The summed E-state index contributed by atoms with van der Waals surface area (Å²) in [7, 11) is 3.36. The van der Waals surface area contributed by atoms with E-state index in [9.17, 15) is 0 Å². The molecule has 4 heteroatoms. The van der Waals surface area contributed by atoms with Crippen molar-refractivity contribution >= 4 is 0 Å². The summed E-state index contributed by atoms with van der Waals surface area (Å²) in [5, 5.41) is 0. The first kappa shape index (κ1) is 14.9. The first-order valence-corrected chi connectivity index (χ1v) is 6.40. The molecular weight excluding hydrogens is 216 g/mol. The molecule has 0 bridgehead atoms. The number of hydrogen-bond acceptors (Lipinski definition) is 4. The molecule has 0 aliphatic carbocycles. The van der Waals surface area contributed by atoms with Gasteiger partial charge in [0, 0.05) is 27.3 Å². The highest BCUT2D eigenvalue weighted by atomic mass is 16.7. The minimum absolute atomic E-state index is 0.249. The lowest BCUT2D eigenvalue weighted by Gasteiger charge is -2.49. The van der Waals surface area contributed by atoms with Crippen LogP contribution in [0.3, 0.4) is 0 Å². The Morgan fingerprint density at radius 2 is 1.94 bits per heavy atom. The van der Waals surface area contributed by atoms with E-state index in [0.29, 0.717) is 12.0 Å². The van der Waals surface area contributed by atoms with E-state index in [2.05, 4.69) is 25.7 Å². The molecule has 1 aliphatic rings. The molecule has 1 heterocycles. The summed E-state index contributed by atoms with van der Waals surface area (Å²) in [6, 6.07) is 0. The Labute approximate surface area is 105 Å². The fourth-order valence-electron chi connectivity index (χ4n) is 2.84. The van der Waals surface area contributed by atoms with E-state index in [1.807, 2.05) is 0 Å². The Kier molecular flexibility index (Phi) is 4.95. The minimum atomic E-state index is -0.276. The molecule has 0 aromatic rings. The van der Waals surface area contributed by atoms with E-state index < -0.39 is 0 Å². The summed E-state index contributed by atoms with van der Waals surface area (Å²) < 4.78 is 10.9. The van der Waals surface area contributed by atoms with Crippen LogP contribution in [0.25, 0.3) is 0 Å². The Balaban J connectivity index is 2.84. The molecule has 17 heavy (non-hydrogen) atoms. The third-order valence-corrected chi connectivity index (χ3v) is 3.97. The van der Waals surface area contributed by atoms with Crippen molar-refractivity contribution in [2.24, 2.45) is 11.1 Å². The largest absolute Gasteiger partial charge is 0.354 e. The molecule has 1 rings (SSSR count). The van der Waals surface area contributed by atoms with Gasteiger partial charge in [0.15, 0.2) is 6.29 Å². The standard InChI is InChI=1S/C13H28N2O2/c1-12(2)7-6-8-15(10-12)13(3,9-14)11(16-4)17-5/h11H,6-10,14H2,1-5H3. The van der Waals surface area contributed by atoms with Crippen LogP contribution in [0.2, 0.25) is 0 Å². The number of nitrogens with two attached hydrogens (primary N) is 1. The van der Waals surface area contributed by atoms with Gasteiger partial charge in [-0.2, -0.15) is 0 Å². The highest BCUT2D eigenvalue weighted by molar-refractivity contribution is 4.95. The number of rotatable bonds is 5. The van der Waals surface area contributed by atoms with Crippen LogP contribution in [-0.4, -0.2) is 50.6 Å². The third-order valence-electron chi connectivity index (χ3n) is 3.97. The second-order valence-electron chi connectivity index (χ2n) is 6.05. The number of nitrogens with zero attached hydrogens (tertiary/aromatic N) is 1. The Bertz CT molecular complexity index is 242. The van der Waals surface area contributed by atoms with Gasteiger partial charge in [0.2, 0.25) is 0 Å². The summed E-state index contributed by atoms with van der Waals surface area (Å²) in [5.74, 6) is 0. The third kappa shape index (κ3) is 3.19.